The van der Waals surface area contributed by atoms with Gasteiger partial charge in [0.2, 0.25) is 0 Å². The lowest BCUT2D eigenvalue weighted by Gasteiger charge is -2.17. The van der Waals surface area contributed by atoms with Crippen LogP contribution >= 0.6 is 0 Å². The summed E-state index contributed by atoms with van der Waals surface area (Å²) in [6.07, 6.45) is -4.72. The largest absolute Gasteiger partial charge is 0.506 e. The van der Waals surface area contributed by atoms with E-state index in [0.29, 0.717) is 0 Å². The van der Waals surface area contributed by atoms with Crippen LogP contribution in [0.5, 0.6) is 5.75 Å². The van der Waals surface area contributed by atoms with Crippen molar-refractivity contribution in [2.45, 2.75) is 12.7 Å². The zero-order valence-corrected chi connectivity index (χ0v) is 15.5. The van der Waals surface area contributed by atoms with Crippen LogP contribution in [0, 0.1) is 5.82 Å². The van der Waals surface area contributed by atoms with Crippen molar-refractivity contribution in [3.63, 3.8) is 0 Å². The maximum Gasteiger partial charge on any atom is 0.416 e. The number of hydrogen-bond donors (Lipinski definition) is 3. The van der Waals surface area contributed by atoms with Crippen molar-refractivity contribution in [1.82, 2.24) is 9.88 Å². The van der Waals surface area contributed by atoms with Gasteiger partial charge in [0.25, 0.3) is 11.5 Å². The Kier molecular flexibility index (Phi) is 5.69. The number of nitrogens with one attached hydrogen (secondary N) is 1. The Morgan fingerprint density at radius 3 is 2.42 bits per heavy atom. The van der Waals surface area contributed by atoms with Crippen LogP contribution in [0.4, 0.5) is 17.6 Å². The van der Waals surface area contributed by atoms with E-state index in [-0.39, 0.29) is 16.5 Å². The number of alkyl halides is 3. The Hall–Kier alpha value is -3.89. The number of carbonyl (C=O) groups excluding carboxylic acids is 1. The minimum atomic E-state index is -4.72. The molecule has 0 atom stereocenters. The van der Waals surface area contributed by atoms with Gasteiger partial charge >= 0.3 is 12.1 Å². The number of aromatic nitrogens is 1. The second-order valence-electron chi connectivity index (χ2n) is 6.51. The SMILES string of the molecule is O=C(O)CNC(=O)c1c(O)c2cc(F)ccc2n(Cc2ccccc2C(F)(F)F)c1=O. The normalized spacial score (nSPS) is 11.5. The summed E-state index contributed by atoms with van der Waals surface area (Å²) in [6.45, 7) is -1.52. The summed E-state index contributed by atoms with van der Waals surface area (Å²) in [5.74, 6) is -4.45. The van der Waals surface area contributed by atoms with E-state index >= 15 is 0 Å². The van der Waals surface area contributed by atoms with E-state index in [1.165, 1.54) is 12.1 Å². The van der Waals surface area contributed by atoms with E-state index < -0.39 is 59.4 Å². The van der Waals surface area contributed by atoms with Crippen molar-refractivity contribution >= 4 is 22.8 Å². The van der Waals surface area contributed by atoms with Gasteiger partial charge in [-0.25, -0.2) is 4.39 Å². The maximum absolute atomic E-state index is 13.8. The molecule has 31 heavy (non-hydrogen) atoms. The van der Waals surface area contributed by atoms with Crippen LogP contribution < -0.4 is 10.9 Å². The number of benzene rings is 2. The average Bonchev–Trinajstić information content (AvgIpc) is 2.69. The Balaban J connectivity index is 2.26. The number of rotatable bonds is 5. The molecule has 0 bridgehead atoms. The highest BCUT2D eigenvalue weighted by Crippen LogP contribution is 2.33. The summed E-state index contributed by atoms with van der Waals surface area (Å²) in [5.41, 5.74) is -3.51. The molecule has 0 aliphatic rings. The summed E-state index contributed by atoms with van der Waals surface area (Å²) < 4.78 is 54.7. The average molecular weight is 438 g/mol. The van der Waals surface area contributed by atoms with Crippen molar-refractivity contribution in [2.75, 3.05) is 6.54 Å². The molecule has 11 heteroatoms. The van der Waals surface area contributed by atoms with Crippen LogP contribution in [0.1, 0.15) is 21.5 Å². The summed E-state index contributed by atoms with van der Waals surface area (Å²) in [4.78, 5) is 36.0. The number of nitrogens with zero attached hydrogens (tertiary/aromatic N) is 1. The molecule has 0 saturated carbocycles. The van der Waals surface area contributed by atoms with Crippen LogP contribution in [0.2, 0.25) is 0 Å². The lowest BCUT2D eigenvalue weighted by atomic mass is 10.1. The highest BCUT2D eigenvalue weighted by molar-refractivity contribution is 6.03. The van der Waals surface area contributed by atoms with Gasteiger partial charge in [-0.3, -0.25) is 14.4 Å². The molecule has 7 nitrogen and oxygen atoms in total. The maximum atomic E-state index is 13.8. The van der Waals surface area contributed by atoms with Gasteiger partial charge < -0.3 is 20.1 Å². The molecule has 0 saturated heterocycles. The summed E-state index contributed by atoms with van der Waals surface area (Å²) in [5, 5.41) is 20.7. The van der Waals surface area contributed by atoms with E-state index in [0.717, 1.165) is 34.9 Å². The predicted molar refractivity (Wildman–Crippen MR) is 100 cm³/mol. The van der Waals surface area contributed by atoms with Gasteiger partial charge in [0.05, 0.1) is 17.6 Å². The topological polar surface area (TPSA) is 109 Å². The smallest absolute Gasteiger partial charge is 0.416 e. The van der Waals surface area contributed by atoms with Gasteiger partial charge in [-0.2, -0.15) is 13.2 Å². The minimum absolute atomic E-state index is 0.115. The van der Waals surface area contributed by atoms with E-state index in [4.69, 9.17) is 5.11 Å². The third-order valence-electron chi connectivity index (χ3n) is 4.48. The van der Waals surface area contributed by atoms with Crippen molar-refractivity contribution < 1.29 is 37.4 Å². The van der Waals surface area contributed by atoms with Gasteiger partial charge in [0.15, 0.2) is 0 Å². The third kappa shape index (κ3) is 4.34. The molecule has 3 rings (SSSR count). The number of fused-ring (bicyclic) bond motifs is 1. The standard InChI is InChI=1S/C20H14F4N2O5/c21-11-5-6-14-12(7-11)17(29)16(18(30)25-8-15(27)28)19(31)26(14)9-10-3-1-2-4-13(10)20(22,23)24/h1-7,29H,8-9H2,(H,25,30)(H,27,28). The first-order chi connectivity index (χ1) is 14.5. The zero-order chi connectivity index (χ0) is 22.9. The molecule has 0 fully saturated rings. The molecular weight excluding hydrogens is 424 g/mol. The molecule has 0 aliphatic carbocycles. The molecule has 1 amide bonds. The molecule has 3 N–H and O–H groups in total. The Bertz CT molecular complexity index is 1250. The molecule has 2 aromatic carbocycles. The summed E-state index contributed by atoms with van der Waals surface area (Å²) in [6, 6.07) is 7.30. The third-order valence-corrected chi connectivity index (χ3v) is 4.48. The molecule has 0 spiro atoms. The lowest BCUT2D eigenvalue weighted by molar-refractivity contribution is -0.138. The first-order valence-electron chi connectivity index (χ1n) is 8.71. The molecule has 162 valence electrons. The molecule has 1 aromatic heterocycles. The van der Waals surface area contributed by atoms with E-state index in [1.54, 1.807) is 0 Å². The van der Waals surface area contributed by atoms with E-state index in [9.17, 15) is 37.1 Å². The molecule has 0 aliphatic heterocycles. The fraction of sp³-hybridized carbons (Fsp3) is 0.150. The number of hydrogen-bond acceptors (Lipinski definition) is 4. The molecule has 1 heterocycles. The van der Waals surface area contributed by atoms with Crippen molar-refractivity contribution in [1.29, 1.82) is 0 Å². The van der Waals surface area contributed by atoms with E-state index in [2.05, 4.69) is 0 Å². The number of carboxylic acid groups (broad SMARTS) is 1. The predicted octanol–water partition coefficient (Wildman–Crippen LogP) is 2.73. The molecule has 0 unspecified atom stereocenters. The van der Waals surface area contributed by atoms with Crippen molar-refractivity contribution in [3.8, 4) is 5.75 Å². The number of carboxylic acids is 1. The number of halogens is 4. The second kappa shape index (κ2) is 8.09. The monoisotopic (exact) mass is 438 g/mol. The van der Waals surface area contributed by atoms with Gasteiger partial charge in [0, 0.05) is 5.39 Å². The number of amides is 1. The number of aliphatic carboxylic acids is 1. The van der Waals surface area contributed by atoms with Crippen molar-refractivity contribution in [3.05, 3.63) is 75.3 Å². The number of pyridine rings is 1. The molecule has 0 radical (unpaired) electrons. The molecular formula is C20H14F4N2O5. The summed E-state index contributed by atoms with van der Waals surface area (Å²) >= 11 is 0. The summed E-state index contributed by atoms with van der Waals surface area (Å²) in [7, 11) is 0. The Morgan fingerprint density at radius 1 is 1.10 bits per heavy atom. The Morgan fingerprint density at radius 2 is 1.77 bits per heavy atom. The Labute approximate surface area is 171 Å². The minimum Gasteiger partial charge on any atom is -0.506 e. The zero-order valence-electron chi connectivity index (χ0n) is 15.5. The van der Waals surface area contributed by atoms with Crippen LogP contribution in [-0.2, 0) is 17.5 Å². The van der Waals surface area contributed by atoms with Gasteiger partial charge in [-0.05, 0) is 29.8 Å². The van der Waals surface area contributed by atoms with Gasteiger partial charge in [-0.15, -0.1) is 0 Å². The lowest BCUT2D eigenvalue weighted by Crippen LogP contribution is -2.36. The highest BCUT2D eigenvalue weighted by Gasteiger charge is 2.33. The fourth-order valence-electron chi connectivity index (χ4n) is 3.12. The quantitative estimate of drug-likeness (QED) is 0.531. The first-order valence-corrected chi connectivity index (χ1v) is 8.71. The second-order valence-corrected chi connectivity index (χ2v) is 6.51. The number of aromatic hydroxyl groups is 1. The highest BCUT2D eigenvalue weighted by atomic mass is 19.4. The molecule has 3 aromatic rings. The number of carbonyl (C=O) groups is 2. The van der Waals surface area contributed by atoms with Crippen molar-refractivity contribution in [2.24, 2.45) is 0 Å². The van der Waals surface area contributed by atoms with Gasteiger partial charge in [0.1, 0.15) is 23.7 Å². The van der Waals surface area contributed by atoms with Crippen LogP contribution in [-0.4, -0.2) is 33.2 Å². The van der Waals surface area contributed by atoms with E-state index in [1.807, 2.05) is 5.32 Å². The fourth-order valence-corrected chi connectivity index (χ4v) is 3.12. The van der Waals surface area contributed by atoms with Crippen LogP contribution in [0.3, 0.4) is 0 Å². The van der Waals surface area contributed by atoms with Gasteiger partial charge in [-0.1, -0.05) is 18.2 Å². The van der Waals surface area contributed by atoms with Crippen LogP contribution in [0.15, 0.2) is 47.3 Å². The van der Waals surface area contributed by atoms with Crippen LogP contribution in [0.25, 0.3) is 10.9 Å². The first kappa shape index (κ1) is 21.8.